The van der Waals surface area contributed by atoms with Crippen molar-refractivity contribution in [3.05, 3.63) is 60.2 Å². The van der Waals surface area contributed by atoms with Crippen LogP contribution in [-0.2, 0) is 9.59 Å². The molecule has 11 heteroatoms. The molecule has 29 heavy (non-hydrogen) atoms. The fraction of sp³-hybridized carbons (Fsp3) is 0.167. The highest BCUT2D eigenvalue weighted by Gasteiger charge is 2.17. The number of aromatic hydroxyl groups is 1. The Balaban J connectivity index is 1.88. The molecule has 3 N–H and O–H groups in total. The van der Waals surface area contributed by atoms with Crippen molar-refractivity contribution in [2.75, 3.05) is 5.32 Å². The van der Waals surface area contributed by atoms with Crippen LogP contribution < -0.4 is 10.7 Å². The summed E-state index contributed by atoms with van der Waals surface area (Å²) in [5, 5.41) is 27.1. The van der Waals surface area contributed by atoms with Crippen molar-refractivity contribution >= 4 is 63.6 Å². The second kappa shape index (κ2) is 10.2. The molecular formula is C18H16ClIN4O5. The second-order valence-electron chi connectivity index (χ2n) is 5.92. The summed E-state index contributed by atoms with van der Waals surface area (Å²) < 4.78 is 1.05. The zero-order chi connectivity index (χ0) is 21.6. The van der Waals surface area contributed by atoms with Crippen LogP contribution in [0.3, 0.4) is 0 Å². The molecule has 2 rings (SSSR count). The Morgan fingerprint density at radius 2 is 1.97 bits per heavy atom. The van der Waals surface area contributed by atoms with E-state index in [2.05, 4.69) is 38.4 Å². The Hall–Kier alpha value is -2.73. The van der Waals surface area contributed by atoms with Crippen LogP contribution in [-0.4, -0.2) is 28.1 Å². The van der Waals surface area contributed by atoms with E-state index in [1.807, 2.05) is 19.1 Å². The fourth-order valence-electron chi connectivity index (χ4n) is 2.28. The molecule has 0 aliphatic rings. The van der Waals surface area contributed by atoms with Crippen molar-refractivity contribution in [3.63, 3.8) is 0 Å². The predicted molar refractivity (Wildman–Crippen MR) is 117 cm³/mol. The minimum atomic E-state index is -0.787. The number of aryl methyl sites for hydroxylation is 1. The first-order chi connectivity index (χ1) is 13.7. The van der Waals surface area contributed by atoms with Crippen molar-refractivity contribution in [2.45, 2.75) is 19.8 Å². The SMILES string of the molecule is Cc1cc(I)ccc1NC(=O)CCC(=O)N/N=C/c1cc(Cl)cc([N+](=O)[O-])c1O. The lowest BCUT2D eigenvalue weighted by Crippen LogP contribution is -2.20. The first-order valence-corrected chi connectivity index (χ1v) is 9.68. The molecule has 0 atom stereocenters. The van der Waals surface area contributed by atoms with Crippen molar-refractivity contribution in [3.8, 4) is 5.75 Å². The number of halogens is 2. The Morgan fingerprint density at radius 1 is 1.28 bits per heavy atom. The molecule has 2 aromatic carbocycles. The van der Waals surface area contributed by atoms with Gasteiger partial charge in [-0.1, -0.05) is 11.6 Å². The maximum Gasteiger partial charge on any atom is 0.312 e. The smallest absolute Gasteiger partial charge is 0.312 e. The van der Waals surface area contributed by atoms with Gasteiger partial charge < -0.3 is 10.4 Å². The third-order valence-electron chi connectivity index (χ3n) is 3.72. The summed E-state index contributed by atoms with van der Waals surface area (Å²) in [4.78, 5) is 33.9. The molecule has 2 amide bonds. The number of nitro groups is 1. The van der Waals surface area contributed by atoms with Crippen LogP contribution in [0.5, 0.6) is 5.75 Å². The van der Waals surface area contributed by atoms with E-state index in [9.17, 15) is 24.8 Å². The van der Waals surface area contributed by atoms with Gasteiger partial charge in [0.05, 0.1) is 11.1 Å². The minimum absolute atomic E-state index is 0.0311. The van der Waals surface area contributed by atoms with Crippen molar-refractivity contribution < 1.29 is 19.6 Å². The highest BCUT2D eigenvalue weighted by molar-refractivity contribution is 14.1. The molecule has 0 bridgehead atoms. The summed E-state index contributed by atoms with van der Waals surface area (Å²) in [6.45, 7) is 1.87. The molecule has 0 aromatic heterocycles. The highest BCUT2D eigenvalue weighted by Crippen LogP contribution is 2.32. The van der Waals surface area contributed by atoms with Crippen molar-refractivity contribution in [2.24, 2.45) is 5.10 Å². The lowest BCUT2D eigenvalue weighted by molar-refractivity contribution is -0.385. The maximum absolute atomic E-state index is 12.0. The molecule has 0 saturated carbocycles. The Kier molecular flexibility index (Phi) is 7.91. The van der Waals surface area contributed by atoms with Gasteiger partial charge in [-0.25, -0.2) is 5.43 Å². The van der Waals surface area contributed by atoms with Crippen LogP contribution in [0.15, 0.2) is 35.4 Å². The van der Waals surface area contributed by atoms with E-state index in [0.29, 0.717) is 5.69 Å². The lowest BCUT2D eigenvalue weighted by atomic mass is 10.2. The number of carbonyl (C=O) groups excluding carboxylic acids is 2. The number of carbonyl (C=O) groups is 2. The highest BCUT2D eigenvalue weighted by atomic mass is 127. The maximum atomic E-state index is 12.0. The monoisotopic (exact) mass is 530 g/mol. The zero-order valence-electron chi connectivity index (χ0n) is 15.1. The van der Waals surface area contributed by atoms with Crippen LogP contribution in [0.2, 0.25) is 5.02 Å². The van der Waals surface area contributed by atoms with Crippen LogP contribution in [0.25, 0.3) is 0 Å². The molecule has 0 radical (unpaired) electrons. The van der Waals surface area contributed by atoms with Crippen LogP contribution in [0.4, 0.5) is 11.4 Å². The van der Waals surface area contributed by atoms with E-state index in [0.717, 1.165) is 21.4 Å². The van der Waals surface area contributed by atoms with Gasteiger partial charge in [-0.2, -0.15) is 5.10 Å². The molecule has 0 aliphatic heterocycles. The molecule has 0 aliphatic carbocycles. The van der Waals surface area contributed by atoms with Gasteiger partial charge in [0.1, 0.15) is 0 Å². The largest absolute Gasteiger partial charge is 0.502 e. The molecule has 0 fully saturated rings. The van der Waals surface area contributed by atoms with Gasteiger partial charge in [-0.05, 0) is 59.3 Å². The molecule has 152 valence electrons. The predicted octanol–water partition coefficient (Wildman–Crippen LogP) is 3.74. The van der Waals surface area contributed by atoms with Crippen molar-refractivity contribution in [1.82, 2.24) is 5.43 Å². The van der Waals surface area contributed by atoms with E-state index in [-0.39, 0.29) is 29.3 Å². The third kappa shape index (κ3) is 6.68. The Bertz CT molecular complexity index is 996. The minimum Gasteiger partial charge on any atom is -0.502 e. The van der Waals surface area contributed by atoms with Gasteiger partial charge in [0, 0.05) is 38.8 Å². The number of amides is 2. The van der Waals surface area contributed by atoms with Gasteiger partial charge >= 0.3 is 5.69 Å². The fourth-order valence-corrected chi connectivity index (χ4v) is 3.15. The van der Waals surface area contributed by atoms with Crippen LogP contribution in [0, 0.1) is 20.6 Å². The van der Waals surface area contributed by atoms with Gasteiger partial charge in [-0.3, -0.25) is 19.7 Å². The average molecular weight is 531 g/mol. The Labute approximate surface area is 184 Å². The molecule has 2 aromatic rings. The molecule has 9 nitrogen and oxygen atoms in total. The van der Waals surface area contributed by atoms with E-state index >= 15 is 0 Å². The van der Waals surface area contributed by atoms with Gasteiger partial charge in [0.2, 0.25) is 17.6 Å². The number of anilines is 1. The summed E-state index contributed by atoms with van der Waals surface area (Å²) >= 11 is 7.94. The average Bonchev–Trinajstić information content (AvgIpc) is 2.64. The number of hydrogen-bond acceptors (Lipinski definition) is 6. The summed E-state index contributed by atoms with van der Waals surface area (Å²) in [5.41, 5.74) is 3.17. The number of phenolic OH excluding ortho intramolecular Hbond substituents is 1. The topological polar surface area (TPSA) is 134 Å². The number of rotatable bonds is 7. The number of hydrazone groups is 1. The summed E-state index contributed by atoms with van der Waals surface area (Å²) in [6, 6.07) is 7.83. The van der Waals surface area contributed by atoms with E-state index < -0.39 is 22.3 Å². The van der Waals surface area contributed by atoms with Gasteiger partial charge in [0.25, 0.3) is 0 Å². The zero-order valence-corrected chi connectivity index (χ0v) is 18.0. The number of phenols is 1. The quantitative estimate of drug-likeness (QED) is 0.217. The third-order valence-corrected chi connectivity index (χ3v) is 4.60. The summed E-state index contributed by atoms with van der Waals surface area (Å²) in [5.74, 6) is -1.48. The van der Waals surface area contributed by atoms with Crippen LogP contribution >= 0.6 is 34.2 Å². The standard InChI is InChI=1S/C18H16ClIN4O5/c1-10-6-13(20)2-3-14(10)22-16(25)4-5-17(26)23-21-9-11-7-12(19)8-15(18(11)27)24(28)29/h2-3,6-9,27H,4-5H2,1H3,(H,22,25)(H,23,26)/b21-9+. The molecule has 0 unspecified atom stereocenters. The number of nitro benzene ring substituents is 1. The molecular weight excluding hydrogens is 515 g/mol. The van der Waals surface area contributed by atoms with E-state index in [1.54, 1.807) is 6.07 Å². The molecule has 0 heterocycles. The molecule has 0 saturated heterocycles. The van der Waals surface area contributed by atoms with E-state index in [4.69, 9.17) is 11.6 Å². The number of nitrogens with zero attached hydrogens (tertiary/aromatic N) is 2. The second-order valence-corrected chi connectivity index (χ2v) is 7.60. The molecule has 0 spiro atoms. The number of hydrogen-bond donors (Lipinski definition) is 3. The van der Waals surface area contributed by atoms with Gasteiger partial charge in [0.15, 0.2) is 0 Å². The normalized spacial score (nSPS) is 10.7. The number of nitrogens with one attached hydrogen (secondary N) is 2. The van der Waals surface area contributed by atoms with Crippen molar-refractivity contribution in [1.29, 1.82) is 0 Å². The van der Waals surface area contributed by atoms with Gasteiger partial charge in [-0.15, -0.1) is 0 Å². The lowest BCUT2D eigenvalue weighted by Gasteiger charge is -2.08. The van der Waals surface area contributed by atoms with Crippen LogP contribution in [0.1, 0.15) is 24.0 Å². The Morgan fingerprint density at radius 3 is 2.62 bits per heavy atom. The summed E-state index contributed by atoms with van der Waals surface area (Å²) in [7, 11) is 0. The van der Waals surface area contributed by atoms with E-state index in [1.165, 1.54) is 6.07 Å². The summed E-state index contributed by atoms with van der Waals surface area (Å²) in [6.07, 6.45) is 0.857. The first kappa shape index (κ1) is 22.6. The first-order valence-electron chi connectivity index (χ1n) is 8.22. The number of benzene rings is 2.